The van der Waals surface area contributed by atoms with Crippen LogP contribution in [0.25, 0.3) is 0 Å². The van der Waals surface area contributed by atoms with Crippen LogP contribution in [0.3, 0.4) is 0 Å². The molecule has 0 aromatic carbocycles. The lowest BCUT2D eigenvalue weighted by atomic mass is 9.87. The molecular formula is C11H21N3O. The molecule has 2 N–H and O–H groups in total. The molecule has 4 nitrogen and oxygen atoms in total. The van der Waals surface area contributed by atoms with Gasteiger partial charge in [0.2, 0.25) is 0 Å². The Balaban J connectivity index is 1.69. The maximum absolute atomic E-state index is 6.39. The van der Waals surface area contributed by atoms with Crippen LogP contribution in [0.5, 0.6) is 0 Å². The van der Waals surface area contributed by atoms with Gasteiger partial charge in [-0.15, -0.1) is 0 Å². The first-order valence-corrected chi connectivity index (χ1v) is 6.07. The van der Waals surface area contributed by atoms with E-state index in [9.17, 15) is 0 Å². The van der Waals surface area contributed by atoms with E-state index in [1.54, 1.807) is 0 Å². The van der Waals surface area contributed by atoms with Crippen molar-refractivity contribution in [1.82, 2.24) is 15.5 Å². The highest BCUT2D eigenvalue weighted by Crippen LogP contribution is 2.35. The van der Waals surface area contributed by atoms with Crippen LogP contribution in [0.15, 0.2) is 0 Å². The van der Waals surface area contributed by atoms with Gasteiger partial charge in [-0.2, -0.15) is 0 Å². The lowest BCUT2D eigenvalue weighted by Gasteiger charge is -2.55. The molecule has 0 atom stereocenters. The third kappa shape index (κ3) is 1.69. The first-order valence-electron chi connectivity index (χ1n) is 6.07. The zero-order valence-corrected chi connectivity index (χ0v) is 9.51. The summed E-state index contributed by atoms with van der Waals surface area (Å²) >= 11 is 0. The summed E-state index contributed by atoms with van der Waals surface area (Å²) in [5.41, 5.74) is 0.161. The van der Waals surface area contributed by atoms with Crippen LogP contribution in [0.4, 0.5) is 0 Å². The third-order valence-corrected chi connectivity index (χ3v) is 4.13. The second kappa shape index (κ2) is 3.42. The molecule has 3 fully saturated rings. The molecule has 0 radical (unpaired) electrons. The number of nitrogens with zero attached hydrogens (tertiary/aromatic N) is 1. The van der Waals surface area contributed by atoms with E-state index < -0.39 is 0 Å². The van der Waals surface area contributed by atoms with Gasteiger partial charge in [0.05, 0.1) is 5.60 Å². The minimum atomic E-state index is -0.00708. The molecule has 3 aliphatic heterocycles. The zero-order chi connectivity index (χ0) is 10.4. The van der Waals surface area contributed by atoms with Gasteiger partial charge >= 0.3 is 0 Å². The average molecular weight is 211 g/mol. The van der Waals surface area contributed by atoms with E-state index in [1.165, 1.54) is 0 Å². The summed E-state index contributed by atoms with van der Waals surface area (Å²) in [6.45, 7) is 5.51. The Morgan fingerprint density at radius 2 is 1.87 bits per heavy atom. The summed E-state index contributed by atoms with van der Waals surface area (Å²) in [6.07, 6.45) is 3.42. The number of piperidine rings is 1. The second-order valence-corrected chi connectivity index (χ2v) is 5.36. The van der Waals surface area contributed by atoms with Crippen LogP contribution in [-0.2, 0) is 4.74 Å². The summed E-state index contributed by atoms with van der Waals surface area (Å²) in [4.78, 5) is 2.39. The zero-order valence-electron chi connectivity index (χ0n) is 9.51. The van der Waals surface area contributed by atoms with Crippen LogP contribution in [-0.4, -0.2) is 56.0 Å². The Kier molecular flexibility index (Phi) is 2.28. The summed E-state index contributed by atoms with van der Waals surface area (Å²) in [6, 6.07) is 0. The van der Waals surface area contributed by atoms with Crippen molar-refractivity contribution in [2.24, 2.45) is 0 Å². The van der Waals surface area contributed by atoms with E-state index in [0.29, 0.717) is 0 Å². The molecule has 4 heteroatoms. The Labute approximate surface area is 91.3 Å². The number of hydrogen-bond acceptors (Lipinski definition) is 4. The monoisotopic (exact) mass is 211 g/mol. The van der Waals surface area contributed by atoms with Gasteiger partial charge in [0.15, 0.2) is 0 Å². The Morgan fingerprint density at radius 1 is 1.13 bits per heavy atom. The molecule has 0 unspecified atom stereocenters. The van der Waals surface area contributed by atoms with Crippen molar-refractivity contribution >= 4 is 0 Å². The predicted octanol–water partition coefficient (Wildman–Crippen LogP) is -0.240. The maximum atomic E-state index is 6.39. The third-order valence-electron chi connectivity index (χ3n) is 4.13. The van der Waals surface area contributed by atoms with Crippen LogP contribution in [0.2, 0.25) is 0 Å². The van der Waals surface area contributed by atoms with Gasteiger partial charge in [-0.1, -0.05) is 0 Å². The van der Waals surface area contributed by atoms with Crippen LogP contribution in [0.1, 0.15) is 19.3 Å². The fraction of sp³-hybridized carbons (Fsp3) is 1.00. The molecule has 15 heavy (non-hydrogen) atoms. The van der Waals surface area contributed by atoms with E-state index in [-0.39, 0.29) is 11.3 Å². The fourth-order valence-corrected chi connectivity index (χ4v) is 2.93. The number of hydrogen-bond donors (Lipinski definition) is 2. The van der Waals surface area contributed by atoms with E-state index in [0.717, 1.165) is 52.0 Å². The number of ether oxygens (including phenoxy) is 1. The molecule has 0 aromatic rings. The lowest BCUT2D eigenvalue weighted by Crippen LogP contribution is -2.72. The van der Waals surface area contributed by atoms with Crippen LogP contribution >= 0.6 is 0 Å². The molecule has 3 rings (SSSR count). The van der Waals surface area contributed by atoms with Crippen molar-refractivity contribution in [3.05, 3.63) is 0 Å². The molecule has 3 saturated heterocycles. The van der Waals surface area contributed by atoms with Gasteiger partial charge in [-0.25, -0.2) is 0 Å². The van der Waals surface area contributed by atoms with E-state index >= 15 is 0 Å². The molecule has 0 aliphatic carbocycles. The number of rotatable bonds is 0. The average Bonchev–Trinajstić information content (AvgIpc) is 2.21. The SMILES string of the molecule is CN1CCC2(CC1)NCCC1(CNC1)O2. The van der Waals surface area contributed by atoms with Gasteiger partial charge in [0.25, 0.3) is 0 Å². The first-order chi connectivity index (χ1) is 7.22. The molecule has 86 valence electrons. The van der Waals surface area contributed by atoms with Crippen molar-refractivity contribution in [2.45, 2.75) is 30.6 Å². The largest absolute Gasteiger partial charge is 0.351 e. The molecule has 0 amide bonds. The summed E-state index contributed by atoms with van der Waals surface area (Å²) in [7, 11) is 2.19. The van der Waals surface area contributed by atoms with E-state index in [4.69, 9.17) is 4.74 Å². The Hall–Kier alpha value is -0.160. The van der Waals surface area contributed by atoms with Gasteiger partial charge in [-0.05, 0) is 13.5 Å². The molecule has 3 heterocycles. The number of nitrogens with one attached hydrogen (secondary N) is 2. The van der Waals surface area contributed by atoms with Gasteiger partial charge in [0, 0.05) is 45.6 Å². The second-order valence-electron chi connectivity index (χ2n) is 5.36. The van der Waals surface area contributed by atoms with Crippen molar-refractivity contribution in [3.8, 4) is 0 Å². The molecular weight excluding hydrogens is 190 g/mol. The number of likely N-dealkylation sites (tertiary alicyclic amines) is 1. The highest BCUT2D eigenvalue weighted by molar-refractivity contribution is 5.02. The van der Waals surface area contributed by atoms with Gasteiger partial charge < -0.3 is 15.0 Å². The van der Waals surface area contributed by atoms with Crippen molar-refractivity contribution in [2.75, 3.05) is 39.8 Å². The predicted molar refractivity (Wildman–Crippen MR) is 58.8 cm³/mol. The van der Waals surface area contributed by atoms with Crippen molar-refractivity contribution < 1.29 is 4.74 Å². The minimum absolute atomic E-state index is 0.00708. The van der Waals surface area contributed by atoms with E-state index in [2.05, 4.69) is 22.6 Å². The van der Waals surface area contributed by atoms with Crippen molar-refractivity contribution in [1.29, 1.82) is 0 Å². The van der Waals surface area contributed by atoms with E-state index in [1.807, 2.05) is 0 Å². The summed E-state index contributed by atoms with van der Waals surface area (Å²) in [5, 5.41) is 6.94. The van der Waals surface area contributed by atoms with Crippen LogP contribution < -0.4 is 10.6 Å². The lowest BCUT2D eigenvalue weighted by molar-refractivity contribution is -0.232. The molecule has 0 saturated carbocycles. The normalized spacial score (nSPS) is 34.2. The smallest absolute Gasteiger partial charge is 0.122 e. The quantitative estimate of drug-likeness (QED) is 0.580. The first kappa shape index (κ1) is 10.0. The molecule has 0 bridgehead atoms. The Morgan fingerprint density at radius 3 is 2.47 bits per heavy atom. The maximum Gasteiger partial charge on any atom is 0.122 e. The standard InChI is InChI=1S/C11H21N3O/c1-14-6-3-11(4-7-14)13-5-2-10(15-11)8-12-9-10/h12-13H,2-9H2,1H3. The topological polar surface area (TPSA) is 36.5 Å². The van der Waals surface area contributed by atoms with Crippen LogP contribution in [0, 0.1) is 0 Å². The van der Waals surface area contributed by atoms with Crippen molar-refractivity contribution in [3.63, 3.8) is 0 Å². The summed E-state index contributed by atoms with van der Waals surface area (Å²) < 4.78 is 6.39. The highest BCUT2D eigenvalue weighted by atomic mass is 16.5. The molecule has 3 aliphatic rings. The van der Waals surface area contributed by atoms with Gasteiger partial charge in [-0.3, -0.25) is 5.32 Å². The molecule has 2 spiro atoms. The highest BCUT2D eigenvalue weighted by Gasteiger charge is 2.49. The van der Waals surface area contributed by atoms with Gasteiger partial charge in [0.1, 0.15) is 5.72 Å². The Bertz CT molecular complexity index is 244. The molecule has 0 aromatic heterocycles. The summed E-state index contributed by atoms with van der Waals surface area (Å²) in [5.74, 6) is 0. The minimum Gasteiger partial charge on any atom is -0.351 e. The fourth-order valence-electron chi connectivity index (χ4n) is 2.93.